The average molecular weight is 315 g/mol. The second-order valence-corrected chi connectivity index (χ2v) is 5.75. The molecule has 0 bridgehead atoms. The van der Waals surface area contributed by atoms with Crippen molar-refractivity contribution in [3.63, 3.8) is 0 Å². The van der Waals surface area contributed by atoms with Crippen LogP contribution in [0.1, 0.15) is 22.0 Å². The van der Waals surface area contributed by atoms with E-state index in [2.05, 4.69) is 24.6 Å². The van der Waals surface area contributed by atoms with Crippen LogP contribution in [0.2, 0.25) is 0 Å². The number of amides is 1. The van der Waals surface area contributed by atoms with E-state index in [4.69, 9.17) is 0 Å². The lowest BCUT2D eigenvalue weighted by molar-refractivity contribution is 0.0702. The SMILES string of the molecule is O=C(c1cscn1)N1CCn2cc(Cn3cncn3)nc2C1. The van der Waals surface area contributed by atoms with Crippen molar-refractivity contribution in [1.29, 1.82) is 0 Å². The highest BCUT2D eigenvalue weighted by Gasteiger charge is 2.24. The number of rotatable bonds is 3. The van der Waals surface area contributed by atoms with E-state index in [9.17, 15) is 4.79 Å². The van der Waals surface area contributed by atoms with Crippen molar-refractivity contribution in [2.75, 3.05) is 6.54 Å². The van der Waals surface area contributed by atoms with Gasteiger partial charge in [-0.1, -0.05) is 0 Å². The number of carbonyl (C=O) groups is 1. The Balaban J connectivity index is 1.51. The molecular formula is C13H13N7OS. The van der Waals surface area contributed by atoms with Gasteiger partial charge in [0, 0.05) is 24.7 Å². The van der Waals surface area contributed by atoms with Crippen LogP contribution in [0.25, 0.3) is 0 Å². The second-order valence-electron chi connectivity index (χ2n) is 5.04. The molecule has 3 aromatic heterocycles. The molecule has 4 heterocycles. The van der Waals surface area contributed by atoms with Crippen LogP contribution in [0.15, 0.2) is 29.7 Å². The molecule has 8 nitrogen and oxygen atoms in total. The summed E-state index contributed by atoms with van der Waals surface area (Å²) in [5, 5.41) is 5.86. The fourth-order valence-corrected chi connectivity index (χ4v) is 3.05. The monoisotopic (exact) mass is 315 g/mol. The Hall–Kier alpha value is -2.55. The van der Waals surface area contributed by atoms with Gasteiger partial charge in [0.25, 0.3) is 5.91 Å². The van der Waals surface area contributed by atoms with E-state index in [1.807, 2.05) is 6.20 Å². The molecule has 0 aromatic carbocycles. The third kappa shape index (κ3) is 2.39. The van der Waals surface area contributed by atoms with Crippen molar-refractivity contribution in [3.05, 3.63) is 47.0 Å². The maximum absolute atomic E-state index is 12.3. The standard InChI is InChI=1S/C13H13N7OS/c21-13(11-6-22-9-15-11)19-2-1-18-3-10(17-12(18)5-19)4-20-8-14-7-16-20/h3,6-9H,1-2,4-5H2. The second kappa shape index (κ2) is 5.34. The molecule has 22 heavy (non-hydrogen) atoms. The van der Waals surface area contributed by atoms with Crippen molar-refractivity contribution in [3.8, 4) is 0 Å². The van der Waals surface area contributed by atoms with E-state index in [0.29, 0.717) is 25.3 Å². The molecular weight excluding hydrogens is 302 g/mol. The summed E-state index contributed by atoms with van der Waals surface area (Å²) in [5.41, 5.74) is 3.10. The van der Waals surface area contributed by atoms with Crippen molar-refractivity contribution < 1.29 is 4.79 Å². The summed E-state index contributed by atoms with van der Waals surface area (Å²) >= 11 is 1.43. The lowest BCUT2D eigenvalue weighted by Crippen LogP contribution is -2.38. The van der Waals surface area contributed by atoms with Crippen LogP contribution in [-0.2, 0) is 19.6 Å². The smallest absolute Gasteiger partial charge is 0.273 e. The van der Waals surface area contributed by atoms with E-state index in [1.165, 1.54) is 17.7 Å². The molecule has 9 heteroatoms. The van der Waals surface area contributed by atoms with Gasteiger partial charge in [0.15, 0.2) is 0 Å². The molecule has 0 unspecified atom stereocenters. The maximum atomic E-state index is 12.3. The number of hydrogen-bond acceptors (Lipinski definition) is 6. The summed E-state index contributed by atoms with van der Waals surface area (Å²) in [7, 11) is 0. The quantitative estimate of drug-likeness (QED) is 0.708. The number of fused-ring (bicyclic) bond motifs is 1. The molecule has 0 saturated carbocycles. The van der Waals surface area contributed by atoms with E-state index in [0.717, 1.165) is 18.1 Å². The van der Waals surface area contributed by atoms with Crippen molar-refractivity contribution in [2.24, 2.45) is 0 Å². The van der Waals surface area contributed by atoms with Gasteiger partial charge in [0.05, 0.1) is 24.3 Å². The Kier molecular flexibility index (Phi) is 3.19. The summed E-state index contributed by atoms with van der Waals surface area (Å²) in [6.07, 6.45) is 5.18. The normalized spacial score (nSPS) is 14.1. The molecule has 0 radical (unpaired) electrons. The van der Waals surface area contributed by atoms with Crippen LogP contribution in [0.3, 0.4) is 0 Å². The highest BCUT2D eigenvalue weighted by atomic mass is 32.1. The number of aromatic nitrogens is 6. The lowest BCUT2D eigenvalue weighted by Gasteiger charge is -2.26. The molecule has 0 aliphatic carbocycles. The van der Waals surface area contributed by atoms with Gasteiger partial charge in [0.1, 0.15) is 24.2 Å². The van der Waals surface area contributed by atoms with E-state index < -0.39 is 0 Å². The summed E-state index contributed by atoms with van der Waals surface area (Å²) < 4.78 is 3.82. The number of imidazole rings is 1. The third-order valence-corrected chi connectivity index (χ3v) is 4.17. The van der Waals surface area contributed by atoms with Crippen molar-refractivity contribution >= 4 is 17.2 Å². The molecule has 1 aliphatic heterocycles. The molecule has 0 fully saturated rings. The minimum absolute atomic E-state index is 0.0340. The summed E-state index contributed by atoms with van der Waals surface area (Å²) in [6.45, 7) is 2.51. The number of carbonyl (C=O) groups excluding carboxylic acids is 1. The van der Waals surface area contributed by atoms with Crippen LogP contribution < -0.4 is 0 Å². The highest BCUT2D eigenvalue weighted by molar-refractivity contribution is 7.07. The Labute approximate surface area is 130 Å². The fraction of sp³-hybridized carbons (Fsp3) is 0.308. The van der Waals surface area contributed by atoms with E-state index >= 15 is 0 Å². The zero-order chi connectivity index (χ0) is 14.9. The fourth-order valence-electron chi connectivity index (χ4n) is 2.52. The van der Waals surface area contributed by atoms with Crippen LogP contribution in [0, 0.1) is 0 Å². The summed E-state index contributed by atoms with van der Waals surface area (Å²) in [4.78, 5) is 26.7. The van der Waals surface area contributed by atoms with E-state index in [-0.39, 0.29) is 5.91 Å². The first-order valence-electron chi connectivity index (χ1n) is 6.84. The Morgan fingerprint density at radius 3 is 3.09 bits per heavy atom. The summed E-state index contributed by atoms with van der Waals surface area (Å²) in [5.74, 6) is 0.860. The van der Waals surface area contributed by atoms with Crippen LogP contribution in [0.5, 0.6) is 0 Å². The first kappa shape index (κ1) is 13.1. The number of hydrogen-bond donors (Lipinski definition) is 0. The highest BCUT2D eigenvalue weighted by Crippen LogP contribution is 2.16. The lowest BCUT2D eigenvalue weighted by atomic mass is 10.3. The summed E-state index contributed by atoms with van der Waals surface area (Å²) in [6, 6.07) is 0. The molecule has 1 aliphatic rings. The molecule has 0 N–H and O–H groups in total. The van der Waals surface area contributed by atoms with Gasteiger partial charge in [-0.25, -0.2) is 19.6 Å². The minimum Gasteiger partial charge on any atom is -0.331 e. The molecule has 0 atom stereocenters. The zero-order valence-corrected chi connectivity index (χ0v) is 12.5. The van der Waals surface area contributed by atoms with Crippen molar-refractivity contribution in [1.82, 2.24) is 34.2 Å². The van der Waals surface area contributed by atoms with Gasteiger partial charge in [-0.15, -0.1) is 11.3 Å². The molecule has 1 amide bonds. The predicted octanol–water partition coefficient (Wildman–Crippen LogP) is 0.635. The van der Waals surface area contributed by atoms with Gasteiger partial charge in [-0.2, -0.15) is 5.10 Å². The largest absolute Gasteiger partial charge is 0.331 e. The number of thiazole rings is 1. The minimum atomic E-state index is -0.0340. The topological polar surface area (TPSA) is 81.7 Å². The maximum Gasteiger partial charge on any atom is 0.273 e. The average Bonchev–Trinajstić information content (AvgIpc) is 3.27. The number of nitrogens with zero attached hydrogens (tertiary/aromatic N) is 7. The third-order valence-electron chi connectivity index (χ3n) is 3.58. The van der Waals surface area contributed by atoms with Gasteiger partial charge in [-0.3, -0.25) is 4.79 Å². The first-order valence-corrected chi connectivity index (χ1v) is 7.78. The molecule has 112 valence electrons. The van der Waals surface area contributed by atoms with Crippen LogP contribution in [-0.4, -0.2) is 46.7 Å². The first-order chi connectivity index (χ1) is 10.8. The van der Waals surface area contributed by atoms with Gasteiger partial charge >= 0.3 is 0 Å². The molecule has 3 aromatic rings. The molecule has 0 saturated heterocycles. The molecule has 0 spiro atoms. The van der Waals surface area contributed by atoms with Crippen LogP contribution >= 0.6 is 11.3 Å². The molecule has 4 rings (SSSR count). The van der Waals surface area contributed by atoms with Gasteiger partial charge in [-0.05, 0) is 0 Å². The van der Waals surface area contributed by atoms with Crippen molar-refractivity contribution in [2.45, 2.75) is 19.6 Å². The van der Waals surface area contributed by atoms with Crippen LogP contribution in [0.4, 0.5) is 0 Å². The van der Waals surface area contributed by atoms with Gasteiger partial charge < -0.3 is 9.47 Å². The van der Waals surface area contributed by atoms with E-state index in [1.54, 1.807) is 26.8 Å². The predicted molar refractivity (Wildman–Crippen MR) is 78.2 cm³/mol. The zero-order valence-electron chi connectivity index (χ0n) is 11.7. The van der Waals surface area contributed by atoms with Gasteiger partial charge in [0.2, 0.25) is 0 Å². The Morgan fingerprint density at radius 1 is 1.36 bits per heavy atom. The Bertz CT molecular complexity index is 778. The Morgan fingerprint density at radius 2 is 2.32 bits per heavy atom.